The number of amides is 1. The number of aliphatic hydroxyl groups is 1. The van der Waals surface area contributed by atoms with Crippen LogP contribution in [0.25, 0.3) is 5.78 Å². The Labute approximate surface area is 123 Å². The summed E-state index contributed by atoms with van der Waals surface area (Å²) in [6.07, 6.45) is 5.04. The molecule has 0 aliphatic carbocycles. The summed E-state index contributed by atoms with van der Waals surface area (Å²) >= 11 is 0. The molecule has 1 amide bonds. The van der Waals surface area contributed by atoms with Gasteiger partial charge in [0, 0.05) is 12.7 Å². The lowest BCUT2D eigenvalue weighted by atomic mass is 10.0. The molecule has 7 heteroatoms. The first-order valence-electron chi connectivity index (χ1n) is 7.16. The topological polar surface area (TPSA) is 92.4 Å². The second kappa shape index (κ2) is 6.17. The van der Waals surface area contributed by atoms with Crippen LogP contribution in [0.15, 0.2) is 12.5 Å². The number of carbonyl (C=O) groups is 1. The van der Waals surface area contributed by atoms with Crippen molar-refractivity contribution in [3.8, 4) is 0 Å². The standard InChI is InChI=1S/C14H21N5O2/c1-4-6-14(3,21)8-16-12(20)10-7-15-13-17-9-18-19(13)11(10)5-2/h7,9,21H,4-6,8H2,1-3H3,(H,16,20). The molecule has 1 atom stereocenters. The molecule has 7 nitrogen and oxygen atoms in total. The van der Waals surface area contributed by atoms with Gasteiger partial charge in [-0.25, -0.2) is 9.50 Å². The first kappa shape index (κ1) is 15.4. The highest BCUT2D eigenvalue weighted by Crippen LogP contribution is 2.12. The number of rotatable bonds is 6. The highest BCUT2D eigenvalue weighted by atomic mass is 16.3. The predicted octanol–water partition coefficient (Wildman–Crippen LogP) is 0.968. The Morgan fingerprint density at radius 2 is 2.19 bits per heavy atom. The quantitative estimate of drug-likeness (QED) is 0.827. The van der Waals surface area contributed by atoms with Crippen molar-refractivity contribution in [3.63, 3.8) is 0 Å². The first-order chi connectivity index (χ1) is 9.98. The zero-order valence-corrected chi connectivity index (χ0v) is 12.6. The van der Waals surface area contributed by atoms with Gasteiger partial charge in [0.05, 0.1) is 16.9 Å². The van der Waals surface area contributed by atoms with Crippen molar-refractivity contribution in [3.05, 3.63) is 23.8 Å². The van der Waals surface area contributed by atoms with Crippen LogP contribution in [0.1, 0.15) is 49.7 Å². The van der Waals surface area contributed by atoms with Crippen molar-refractivity contribution in [2.75, 3.05) is 6.54 Å². The van der Waals surface area contributed by atoms with E-state index in [0.717, 1.165) is 12.1 Å². The SMILES string of the molecule is CCCC(C)(O)CNC(=O)c1cnc2ncnn2c1CC. The van der Waals surface area contributed by atoms with E-state index in [2.05, 4.69) is 20.4 Å². The lowest BCUT2D eigenvalue weighted by molar-refractivity contribution is 0.0469. The molecule has 0 saturated heterocycles. The minimum Gasteiger partial charge on any atom is -0.388 e. The number of aryl methyl sites for hydroxylation is 1. The zero-order valence-electron chi connectivity index (χ0n) is 12.6. The number of hydrogen-bond acceptors (Lipinski definition) is 5. The van der Waals surface area contributed by atoms with Gasteiger partial charge in [0.1, 0.15) is 6.33 Å². The van der Waals surface area contributed by atoms with Crippen LogP contribution in [0, 0.1) is 0 Å². The van der Waals surface area contributed by atoms with Crippen molar-refractivity contribution in [2.24, 2.45) is 0 Å². The lowest BCUT2D eigenvalue weighted by Crippen LogP contribution is -2.40. The number of nitrogens with zero attached hydrogens (tertiary/aromatic N) is 4. The largest absolute Gasteiger partial charge is 0.388 e. The first-order valence-corrected chi connectivity index (χ1v) is 7.16. The monoisotopic (exact) mass is 291 g/mol. The maximum absolute atomic E-state index is 12.3. The molecule has 1 unspecified atom stereocenters. The fraction of sp³-hybridized carbons (Fsp3) is 0.571. The third-order valence-electron chi connectivity index (χ3n) is 3.40. The third kappa shape index (κ3) is 3.36. The highest BCUT2D eigenvalue weighted by Gasteiger charge is 2.22. The molecule has 2 aromatic heterocycles. The molecule has 0 saturated carbocycles. The molecule has 0 aromatic carbocycles. The van der Waals surface area contributed by atoms with Crippen LogP contribution < -0.4 is 5.32 Å². The van der Waals surface area contributed by atoms with Crippen molar-refractivity contribution >= 4 is 11.7 Å². The summed E-state index contributed by atoms with van der Waals surface area (Å²) in [4.78, 5) is 20.4. The van der Waals surface area contributed by atoms with E-state index in [1.807, 2.05) is 13.8 Å². The van der Waals surface area contributed by atoms with E-state index < -0.39 is 5.60 Å². The number of hydrogen-bond donors (Lipinski definition) is 2. The van der Waals surface area contributed by atoms with Gasteiger partial charge in [-0.1, -0.05) is 20.3 Å². The van der Waals surface area contributed by atoms with Crippen molar-refractivity contribution < 1.29 is 9.90 Å². The van der Waals surface area contributed by atoms with Crippen LogP contribution in [0.2, 0.25) is 0 Å². The third-order valence-corrected chi connectivity index (χ3v) is 3.40. The number of aromatic nitrogens is 4. The summed E-state index contributed by atoms with van der Waals surface area (Å²) in [7, 11) is 0. The van der Waals surface area contributed by atoms with Crippen LogP contribution in [-0.4, -0.2) is 42.7 Å². The van der Waals surface area contributed by atoms with E-state index in [1.54, 1.807) is 11.4 Å². The molecule has 114 valence electrons. The zero-order chi connectivity index (χ0) is 15.5. The summed E-state index contributed by atoms with van der Waals surface area (Å²) in [5, 5.41) is 17.0. The Hall–Kier alpha value is -2.02. The molecule has 2 N–H and O–H groups in total. The molecule has 0 fully saturated rings. The molecular weight excluding hydrogens is 270 g/mol. The van der Waals surface area contributed by atoms with Gasteiger partial charge in [0.2, 0.25) is 0 Å². The molecule has 0 aliphatic rings. The van der Waals surface area contributed by atoms with Gasteiger partial charge < -0.3 is 10.4 Å². The fourth-order valence-electron chi connectivity index (χ4n) is 2.35. The van der Waals surface area contributed by atoms with E-state index in [1.165, 1.54) is 12.5 Å². The van der Waals surface area contributed by atoms with E-state index >= 15 is 0 Å². The minimum atomic E-state index is -0.901. The summed E-state index contributed by atoms with van der Waals surface area (Å²) in [6.45, 7) is 5.86. The van der Waals surface area contributed by atoms with Gasteiger partial charge in [-0.2, -0.15) is 10.1 Å². The van der Waals surface area contributed by atoms with Crippen LogP contribution in [0.3, 0.4) is 0 Å². The number of nitrogens with one attached hydrogen (secondary N) is 1. The van der Waals surface area contributed by atoms with Gasteiger partial charge >= 0.3 is 0 Å². The normalized spacial score (nSPS) is 14.1. The smallest absolute Gasteiger partial charge is 0.254 e. The van der Waals surface area contributed by atoms with Gasteiger partial charge in [0.25, 0.3) is 11.7 Å². The Kier molecular flexibility index (Phi) is 4.52. The average Bonchev–Trinajstić information content (AvgIpc) is 2.92. The minimum absolute atomic E-state index is 0.207. The van der Waals surface area contributed by atoms with Gasteiger partial charge in [-0.05, 0) is 19.8 Å². The van der Waals surface area contributed by atoms with Crippen LogP contribution in [0.4, 0.5) is 0 Å². The average molecular weight is 291 g/mol. The summed E-state index contributed by atoms with van der Waals surface area (Å²) < 4.78 is 1.57. The Morgan fingerprint density at radius 3 is 2.86 bits per heavy atom. The van der Waals surface area contributed by atoms with Gasteiger partial charge in [0.15, 0.2) is 0 Å². The highest BCUT2D eigenvalue weighted by molar-refractivity contribution is 5.95. The van der Waals surface area contributed by atoms with E-state index in [0.29, 0.717) is 24.2 Å². The molecular formula is C14H21N5O2. The van der Waals surface area contributed by atoms with Crippen molar-refractivity contribution in [2.45, 2.75) is 45.6 Å². The molecule has 2 heterocycles. The fourth-order valence-corrected chi connectivity index (χ4v) is 2.35. The maximum Gasteiger partial charge on any atom is 0.254 e. The van der Waals surface area contributed by atoms with Crippen LogP contribution in [-0.2, 0) is 6.42 Å². The molecule has 21 heavy (non-hydrogen) atoms. The van der Waals surface area contributed by atoms with Gasteiger partial charge in [-0.15, -0.1) is 0 Å². The second-order valence-corrected chi connectivity index (χ2v) is 5.37. The Balaban J connectivity index is 2.19. The molecule has 0 spiro atoms. The van der Waals surface area contributed by atoms with Gasteiger partial charge in [-0.3, -0.25) is 4.79 Å². The number of carbonyl (C=O) groups excluding carboxylic acids is 1. The Morgan fingerprint density at radius 1 is 1.43 bits per heavy atom. The van der Waals surface area contributed by atoms with E-state index in [-0.39, 0.29) is 12.5 Å². The van der Waals surface area contributed by atoms with Crippen LogP contribution in [0.5, 0.6) is 0 Å². The summed E-state index contributed by atoms with van der Waals surface area (Å²) in [6, 6.07) is 0. The lowest BCUT2D eigenvalue weighted by Gasteiger charge is -2.23. The summed E-state index contributed by atoms with van der Waals surface area (Å²) in [5.74, 6) is 0.217. The van der Waals surface area contributed by atoms with E-state index in [4.69, 9.17) is 0 Å². The molecule has 2 rings (SSSR count). The van der Waals surface area contributed by atoms with Crippen molar-refractivity contribution in [1.29, 1.82) is 0 Å². The maximum atomic E-state index is 12.3. The molecule has 0 bridgehead atoms. The van der Waals surface area contributed by atoms with Crippen molar-refractivity contribution in [1.82, 2.24) is 24.9 Å². The second-order valence-electron chi connectivity index (χ2n) is 5.37. The summed E-state index contributed by atoms with van der Waals surface area (Å²) in [5.41, 5.74) is 0.314. The molecule has 2 aromatic rings. The van der Waals surface area contributed by atoms with Crippen LogP contribution >= 0.6 is 0 Å². The Bertz CT molecular complexity index is 635. The number of fused-ring (bicyclic) bond motifs is 1. The molecule has 0 aliphatic heterocycles. The molecule has 0 radical (unpaired) electrons. The predicted molar refractivity (Wildman–Crippen MR) is 78.0 cm³/mol. The van der Waals surface area contributed by atoms with E-state index in [9.17, 15) is 9.90 Å².